The smallest absolute Gasteiger partial charge is 0.160 e. The third kappa shape index (κ3) is 0.706. The number of fused-ring (bicyclic) bond motifs is 2. The Kier molecular flexibility index (Phi) is 1.06. The van der Waals surface area contributed by atoms with Gasteiger partial charge in [0.05, 0.1) is 0 Å². The van der Waals surface area contributed by atoms with Crippen molar-refractivity contribution >= 4 is 5.65 Å². The summed E-state index contributed by atoms with van der Waals surface area (Å²) in [5.41, 5.74) is 3.88. The summed E-state index contributed by atoms with van der Waals surface area (Å²) in [7, 11) is 0. The zero-order valence-corrected chi connectivity index (χ0v) is 6.70. The molecule has 1 aliphatic carbocycles. The van der Waals surface area contributed by atoms with E-state index in [9.17, 15) is 0 Å². The molecule has 3 rings (SSSR count). The Bertz CT molecular complexity index is 392. The maximum absolute atomic E-state index is 4.01. The molecule has 0 atom stereocenters. The molecule has 0 fully saturated rings. The van der Waals surface area contributed by atoms with Crippen LogP contribution in [-0.2, 0) is 12.8 Å². The van der Waals surface area contributed by atoms with Gasteiger partial charge < -0.3 is 0 Å². The first-order valence-electron chi connectivity index (χ1n) is 4.24. The first-order valence-corrected chi connectivity index (χ1v) is 4.24. The zero-order chi connectivity index (χ0) is 7.97. The number of rotatable bonds is 0. The van der Waals surface area contributed by atoms with E-state index in [1.165, 1.54) is 30.4 Å². The predicted octanol–water partition coefficient (Wildman–Crippen LogP) is 1.22. The van der Waals surface area contributed by atoms with Crippen molar-refractivity contribution in [1.82, 2.24) is 14.6 Å². The Morgan fingerprint density at radius 1 is 1.25 bits per heavy atom. The van der Waals surface area contributed by atoms with Gasteiger partial charge in [-0.3, -0.25) is 4.40 Å². The van der Waals surface area contributed by atoms with Crippen LogP contribution in [0.25, 0.3) is 5.65 Å². The summed E-state index contributed by atoms with van der Waals surface area (Å²) in [6, 6.07) is 2.15. The lowest BCUT2D eigenvalue weighted by molar-refractivity contribution is 0.909. The van der Waals surface area contributed by atoms with Gasteiger partial charge in [-0.15, -0.1) is 10.2 Å². The second-order valence-electron chi connectivity index (χ2n) is 3.27. The predicted molar refractivity (Wildman–Crippen MR) is 45.0 cm³/mol. The molecule has 3 heteroatoms. The van der Waals surface area contributed by atoms with Crippen LogP contribution >= 0.6 is 0 Å². The Hall–Kier alpha value is -1.38. The molecule has 12 heavy (non-hydrogen) atoms. The molecule has 0 spiro atoms. The largest absolute Gasteiger partial charge is 0.289 e. The Balaban J connectivity index is 2.38. The minimum atomic E-state index is 0.968. The Morgan fingerprint density at radius 2 is 2.17 bits per heavy atom. The van der Waals surface area contributed by atoms with Crippen molar-refractivity contribution < 1.29 is 0 Å². The lowest BCUT2D eigenvalue weighted by Gasteiger charge is -1.98. The highest BCUT2D eigenvalue weighted by Crippen LogP contribution is 2.22. The SMILES string of the molecule is c1c2c(cn3cnnc13)CCC2. The van der Waals surface area contributed by atoms with E-state index in [2.05, 4.69) is 22.5 Å². The maximum atomic E-state index is 4.01. The molecule has 3 nitrogen and oxygen atoms in total. The van der Waals surface area contributed by atoms with Crippen molar-refractivity contribution in [3.8, 4) is 0 Å². The number of aryl methyl sites for hydroxylation is 2. The average molecular weight is 159 g/mol. The molecule has 0 saturated carbocycles. The molecule has 0 amide bonds. The molecule has 2 heterocycles. The molecule has 0 unspecified atom stereocenters. The van der Waals surface area contributed by atoms with E-state index in [1.54, 1.807) is 6.33 Å². The van der Waals surface area contributed by atoms with Gasteiger partial charge in [-0.1, -0.05) is 0 Å². The van der Waals surface area contributed by atoms with Crippen LogP contribution in [0, 0.1) is 0 Å². The van der Waals surface area contributed by atoms with E-state index in [4.69, 9.17) is 0 Å². The molecular formula is C9H9N3. The molecular weight excluding hydrogens is 150 g/mol. The molecule has 1 aliphatic rings. The van der Waals surface area contributed by atoms with Gasteiger partial charge in [-0.2, -0.15) is 0 Å². The number of pyridine rings is 1. The fourth-order valence-electron chi connectivity index (χ4n) is 1.88. The number of aromatic nitrogens is 3. The summed E-state index contributed by atoms with van der Waals surface area (Å²) in [5, 5.41) is 7.86. The van der Waals surface area contributed by atoms with Crippen LogP contribution in [-0.4, -0.2) is 14.6 Å². The van der Waals surface area contributed by atoms with Crippen LogP contribution in [0.4, 0.5) is 0 Å². The van der Waals surface area contributed by atoms with E-state index in [0.29, 0.717) is 0 Å². The summed E-state index contributed by atoms with van der Waals surface area (Å²) in [5.74, 6) is 0. The summed E-state index contributed by atoms with van der Waals surface area (Å²) in [6.07, 6.45) is 7.61. The monoisotopic (exact) mass is 159 g/mol. The lowest BCUT2D eigenvalue weighted by Crippen LogP contribution is -1.88. The zero-order valence-electron chi connectivity index (χ0n) is 6.70. The van der Waals surface area contributed by atoms with E-state index < -0.39 is 0 Å². The van der Waals surface area contributed by atoms with E-state index in [0.717, 1.165) is 5.65 Å². The standard InChI is InChI=1S/C9H9N3/c1-2-7-4-9-11-10-6-12(9)5-8(7)3-1/h4-6H,1-3H2. The van der Waals surface area contributed by atoms with Gasteiger partial charge in [0.25, 0.3) is 0 Å². The summed E-state index contributed by atoms with van der Waals surface area (Å²) in [6.45, 7) is 0. The molecule has 0 radical (unpaired) electrons. The molecule has 60 valence electrons. The highest BCUT2D eigenvalue weighted by molar-refractivity contribution is 5.45. The second kappa shape index (κ2) is 2.06. The minimum absolute atomic E-state index is 0.968. The third-order valence-electron chi connectivity index (χ3n) is 2.50. The first-order chi connectivity index (χ1) is 5.93. The summed E-state index contributed by atoms with van der Waals surface area (Å²) >= 11 is 0. The van der Waals surface area contributed by atoms with Gasteiger partial charge >= 0.3 is 0 Å². The van der Waals surface area contributed by atoms with E-state index >= 15 is 0 Å². The van der Waals surface area contributed by atoms with Gasteiger partial charge in [0.15, 0.2) is 5.65 Å². The van der Waals surface area contributed by atoms with Crippen LogP contribution in [0.2, 0.25) is 0 Å². The van der Waals surface area contributed by atoms with Crippen LogP contribution < -0.4 is 0 Å². The Morgan fingerprint density at radius 3 is 3.17 bits per heavy atom. The van der Waals surface area contributed by atoms with Crippen molar-refractivity contribution in [3.63, 3.8) is 0 Å². The summed E-state index contributed by atoms with van der Waals surface area (Å²) < 4.78 is 1.99. The quantitative estimate of drug-likeness (QED) is 0.578. The number of nitrogens with zero attached hydrogens (tertiary/aromatic N) is 3. The highest BCUT2D eigenvalue weighted by atomic mass is 15.2. The molecule has 0 aliphatic heterocycles. The first kappa shape index (κ1) is 6.17. The van der Waals surface area contributed by atoms with Crippen molar-refractivity contribution in [3.05, 3.63) is 29.7 Å². The van der Waals surface area contributed by atoms with Crippen molar-refractivity contribution in [2.24, 2.45) is 0 Å². The van der Waals surface area contributed by atoms with Crippen LogP contribution in [0.15, 0.2) is 18.6 Å². The highest BCUT2D eigenvalue weighted by Gasteiger charge is 2.11. The summed E-state index contributed by atoms with van der Waals surface area (Å²) in [4.78, 5) is 0. The minimum Gasteiger partial charge on any atom is -0.289 e. The van der Waals surface area contributed by atoms with E-state index in [-0.39, 0.29) is 0 Å². The number of hydrogen-bond acceptors (Lipinski definition) is 2. The molecule has 0 bridgehead atoms. The fourth-order valence-corrected chi connectivity index (χ4v) is 1.88. The third-order valence-corrected chi connectivity index (χ3v) is 2.50. The van der Waals surface area contributed by atoms with Gasteiger partial charge in [-0.25, -0.2) is 0 Å². The van der Waals surface area contributed by atoms with Gasteiger partial charge in [0.1, 0.15) is 6.33 Å². The topological polar surface area (TPSA) is 30.2 Å². The van der Waals surface area contributed by atoms with E-state index in [1.807, 2.05) is 4.40 Å². The van der Waals surface area contributed by atoms with Crippen molar-refractivity contribution in [2.45, 2.75) is 19.3 Å². The van der Waals surface area contributed by atoms with Crippen LogP contribution in [0.3, 0.4) is 0 Å². The van der Waals surface area contributed by atoms with Gasteiger partial charge in [0.2, 0.25) is 0 Å². The van der Waals surface area contributed by atoms with Crippen molar-refractivity contribution in [1.29, 1.82) is 0 Å². The molecule has 2 aromatic rings. The molecule has 2 aromatic heterocycles. The fraction of sp³-hybridized carbons (Fsp3) is 0.333. The normalized spacial score (nSPS) is 15.3. The van der Waals surface area contributed by atoms with Crippen LogP contribution in [0.1, 0.15) is 17.5 Å². The average Bonchev–Trinajstić information content (AvgIpc) is 2.64. The van der Waals surface area contributed by atoms with Crippen molar-refractivity contribution in [2.75, 3.05) is 0 Å². The second-order valence-corrected chi connectivity index (χ2v) is 3.27. The van der Waals surface area contributed by atoms with Crippen LogP contribution in [0.5, 0.6) is 0 Å². The maximum Gasteiger partial charge on any atom is 0.160 e. The lowest BCUT2D eigenvalue weighted by atomic mass is 10.2. The molecule has 0 aromatic carbocycles. The molecule has 0 saturated heterocycles. The Labute approximate surface area is 70.0 Å². The van der Waals surface area contributed by atoms with Gasteiger partial charge in [0, 0.05) is 6.20 Å². The number of hydrogen-bond donors (Lipinski definition) is 0. The van der Waals surface area contributed by atoms with Gasteiger partial charge in [-0.05, 0) is 36.5 Å². The molecule has 0 N–H and O–H groups in total.